The molecule has 0 fully saturated rings. The number of nitrogens with one attached hydrogen (secondary N) is 1. The molecule has 0 aliphatic carbocycles. The maximum absolute atomic E-state index is 11.4. The molecule has 0 spiro atoms. The van der Waals surface area contributed by atoms with Gasteiger partial charge in [0.2, 0.25) is 0 Å². The topological polar surface area (TPSA) is 94.0 Å². The van der Waals surface area contributed by atoms with Crippen molar-refractivity contribution < 1.29 is 4.79 Å². The van der Waals surface area contributed by atoms with Crippen molar-refractivity contribution >= 4 is 28.6 Å². The van der Waals surface area contributed by atoms with Crippen LogP contribution in [0.5, 0.6) is 0 Å². The van der Waals surface area contributed by atoms with E-state index in [-0.39, 0.29) is 6.04 Å². The van der Waals surface area contributed by atoms with Gasteiger partial charge in [0, 0.05) is 22.4 Å². The number of aromatic nitrogens is 1. The summed E-state index contributed by atoms with van der Waals surface area (Å²) in [5.74, 6) is -0.502. The van der Waals surface area contributed by atoms with Crippen LogP contribution in [0.2, 0.25) is 0 Å². The van der Waals surface area contributed by atoms with Gasteiger partial charge < -0.3 is 16.8 Å². The number of carbonyl (C=O) groups is 1. The van der Waals surface area contributed by atoms with Crippen molar-refractivity contribution in [1.29, 1.82) is 0 Å². The zero-order chi connectivity index (χ0) is 14.0. The predicted molar refractivity (Wildman–Crippen MR) is 78.3 cm³/mol. The molecule has 0 saturated heterocycles. The highest BCUT2D eigenvalue weighted by Crippen LogP contribution is 2.25. The highest BCUT2D eigenvalue weighted by Gasteiger charge is 2.14. The van der Waals surface area contributed by atoms with E-state index in [1.54, 1.807) is 29.5 Å². The van der Waals surface area contributed by atoms with Crippen LogP contribution in [0.15, 0.2) is 23.6 Å². The van der Waals surface area contributed by atoms with E-state index in [4.69, 9.17) is 11.5 Å². The number of aryl methyl sites for hydroxylation is 1. The van der Waals surface area contributed by atoms with Gasteiger partial charge in [-0.3, -0.25) is 4.79 Å². The summed E-state index contributed by atoms with van der Waals surface area (Å²) < 4.78 is 0. The molecule has 5 N–H and O–H groups in total. The molecule has 0 aliphatic rings. The summed E-state index contributed by atoms with van der Waals surface area (Å²) in [6.45, 7) is 3.93. The minimum Gasteiger partial charge on any atom is -0.399 e. The monoisotopic (exact) mass is 276 g/mol. The number of thiazole rings is 1. The summed E-state index contributed by atoms with van der Waals surface area (Å²) in [7, 11) is 0. The second-order valence-corrected chi connectivity index (χ2v) is 5.25. The molecule has 1 aromatic carbocycles. The first kappa shape index (κ1) is 13.4. The molecule has 1 heterocycles. The van der Waals surface area contributed by atoms with E-state index in [1.807, 2.05) is 19.2 Å². The van der Waals surface area contributed by atoms with Crippen molar-refractivity contribution in [3.63, 3.8) is 0 Å². The molecule has 1 amide bonds. The predicted octanol–water partition coefficient (Wildman–Crippen LogP) is 2.31. The van der Waals surface area contributed by atoms with Crippen LogP contribution >= 0.6 is 11.3 Å². The lowest BCUT2D eigenvalue weighted by Crippen LogP contribution is -2.16. The highest BCUT2D eigenvalue weighted by atomic mass is 32.1. The first-order valence-electron chi connectivity index (χ1n) is 5.85. The van der Waals surface area contributed by atoms with Crippen LogP contribution < -0.4 is 16.8 Å². The van der Waals surface area contributed by atoms with Crippen molar-refractivity contribution in [2.24, 2.45) is 5.73 Å². The second kappa shape index (κ2) is 5.27. The molecule has 2 aromatic rings. The Morgan fingerprint density at radius 1 is 1.47 bits per heavy atom. The zero-order valence-corrected chi connectivity index (χ0v) is 11.6. The molecule has 19 heavy (non-hydrogen) atoms. The standard InChI is InChI=1S/C13H16N4OS/c1-7-6-19-13(16-7)8(2)17-11-4-3-9(14)5-10(11)12(15)18/h3-6,8,17H,14H2,1-2H3,(H2,15,18). The first-order chi connectivity index (χ1) is 8.97. The molecule has 0 saturated carbocycles. The Morgan fingerprint density at radius 3 is 2.79 bits per heavy atom. The summed E-state index contributed by atoms with van der Waals surface area (Å²) in [5, 5.41) is 6.19. The molecule has 0 bridgehead atoms. The smallest absolute Gasteiger partial charge is 0.250 e. The van der Waals surface area contributed by atoms with Gasteiger partial charge in [-0.15, -0.1) is 11.3 Å². The quantitative estimate of drug-likeness (QED) is 0.747. The molecule has 1 aromatic heterocycles. The van der Waals surface area contributed by atoms with Crippen LogP contribution in [0.25, 0.3) is 0 Å². The van der Waals surface area contributed by atoms with Gasteiger partial charge in [0.25, 0.3) is 5.91 Å². The lowest BCUT2D eigenvalue weighted by Gasteiger charge is -2.15. The van der Waals surface area contributed by atoms with E-state index < -0.39 is 5.91 Å². The van der Waals surface area contributed by atoms with Crippen molar-refractivity contribution in [2.45, 2.75) is 19.9 Å². The summed E-state index contributed by atoms with van der Waals surface area (Å²) in [6, 6.07) is 5.06. The van der Waals surface area contributed by atoms with Crippen LogP contribution in [-0.4, -0.2) is 10.9 Å². The lowest BCUT2D eigenvalue weighted by molar-refractivity contribution is 0.100. The van der Waals surface area contributed by atoms with E-state index in [9.17, 15) is 4.79 Å². The van der Waals surface area contributed by atoms with Crippen LogP contribution in [-0.2, 0) is 0 Å². The molecule has 1 unspecified atom stereocenters. The lowest BCUT2D eigenvalue weighted by atomic mass is 10.1. The fourth-order valence-electron chi connectivity index (χ4n) is 1.76. The number of hydrogen-bond donors (Lipinski definition) is 3. The van der Waals surface area contributed by atoms with Gasteiger partial charge in [-0.25, -0.2) is 4.98 Å². The largest absolute Gasteiger partial charge is 0.399 e. The minimum absolute atomic E-state index is 0.000393. The first-order valence-corrected chi connectivity index (χ1v) is 6.73. The Morgan fingerprint density at radius 2 is 2.21 bits per heavy atom. The van der Waals surface area contributed by atoms with Gasteiger partial charge in [0.1, 0.15) is 5.01 Å². The summed E-state index contributed by atoms with van der Waals surface area (Å²) in [5.41, 5.74) is 13.6. The van der Waals surface area contributed by atoms with E-state index in [0.29, 0.717) is 16.9 Å². The minimum atomic E-state index is -0.502. The Bertz CT molecular complexity index is 608. The van der Waals surface area contributed by atoms with Gasteiger partial charge >= 0.3 is 0 Å². The molecule has 2 rings (SSSR count). The third-order valence-corrected chi connectivity index (χ3v) is 3.83. The Labute approximate surface area is 115 Å². The molecule has 5 nitrogen and oxygen atoms in total. The number of nitrogens with zero attached hydrogens (tertiary/aromatic N) is 1. The average molecular weight is 276 g/mol. The van der Waals surface area contributed by atoms with Crippen LogP contribution in [0.1, 0.15) is 34.0 Å². The van der Waals surface area contributed by atoms with Gasteiger partial charge in [0.15, 0.2) is 0 Å². The third-order valence-electron chi connectivity index (χ3n) is 2.69. The van der Waals surface area contributed by atoms with Gasteiger partial charge in [-0.2, -0.15) is 0 Å². The molecule has 1 atom stereocenters. The zero-order valence-electron chi connectivity index (χ0n) is 10.8. The molecule has 0 aliphatic heterocycles. The number of nitrogens with two attached hydrogens (primary N) is 2. The second-order valence-electron chi connectivity index (χ2n) is 4.36. The number of anilines is 2. The van der Waals surface area contributed by atoms with E-state index >= 15 is 0 Å². The Balaban J connectivity index is 2.26. The Kier molecular flexibility index (Phi) is 3.71. The number of carbonyl (C=O) groups excluding carboxylic acids is 1. The number of hydrogen-bond acceptors (Lipinski definition) is 5. The molecule has 100 valence electrons. The molecular weight excluding hydrogens is 260 g/mol. The van der Waals surface area contributed by atoms with Crippen LogP contribution in [0.4, 0.5) is 11.4 Å². The maximum Gasteiger partial charge on any atom is 0.250 e. The average Bonchev–Trinajstić information content (AvgIpc) is 2.78. The van der Waals surface area contributed by atoms with Crippen molar-refractivity contribution in [3.8, 4) is 0 Å². The molecule has 6 heteroatoms. The number of rotatable bonds is 4. The SMILES string of the molecule is Cc1csc(C(C)Nc2ccc(N)cc2C(N)=O)n1. The van der Waals surface area contributed by atoms with Gasteiger partial charge in [-0.1, -0.05) is 0 Å². The normalized spacial score (nSPS) is 12.1. The van der Waals surface area contributed by atoms with Gasteiger partial charge in [0.05, 0.1) is 11.6 Å². The summed E-state index contributed by atoms with van der Waals surface area (Å²) >= 11 is 1.58. The number of amides is 1. The van der Waals surface area contributed by atoms with Crippen molar-refractivity contribution in [2.75, 3.05) is 11.1 Å². The van der Waals surface area contributed by atoms with Crippen molar-refractivity contribution in [1.82, 2.24) is 4.98 Å². The van der Waals surface area contributed by atoms with E-state index in [0.717, 1.165) is 10.7 Å². The third kappa shape index (κ3) is 3.03. The van der Waals surface area contributed by atoms with Crippen LogP contribution in [0, 0.1) is 6.92 Å². The fraction of sp³-hybridized carbons (Fsp3) is 0.231. The van der Waals surface area contributed by atoms with Crippen molar-refractivity contribution in [3.05, 3.63) is 39.8 Å². The highest BCUT2D eigenvalue weighted by molar-refractivity contribution is 7.09. The molecular formula is C13H16N4OS. The summed E-state index contributed by atoms with van der Waals surface area (Å²) in [6.07, 6.45) is 0. The van der Waals surface area contributed by atoms with Gasteiger partial charge in [-0.05, 0) is 32.0 Å². The maximum atomic E-state index is 11.4. The molecule has 0 radical (unpaired) electrons. The van der Waals surface area contributed by atoms with Crippen LogP contribution in [0.3, 0.4) is 0 Å². The number of nitrogen functional groups attached to an aromatic ring is 1. The number of benzene rings is 1. The number of primary amides is 1. The van der Waals surface area contributed by atoms with E-state index in [2.05, 4.69) is 10.3 Å². The fourth-order valence-corrected chi connectivity index (χ4v) is 2.56. The van der Waals surface area contributed by atoms with E-state index in [1.165, 1.54) is 0 Å². The Hall–Kier alpha value is -2.08. The summed E-state index contributed by atoms with van der Waals surface area (Å²) in [4.78, 5) is 15.8.